The summed E-state index contributed by atoms with van der Waals surface area (Å²) in [5.41, 5.74) is -2.14. The van der Waals surface area contributed by atoms with Gasteiger partial charge in [0.25, 0.3) is 5.91 Å². The van der Waals surface area contributed by atoms with Crippen LogP contribution in [0.3, 0.4) is 0 Å². The van der Waals surface area contributed by atoms with Gasteiger partial charge in [-0.15, -0.1) is 0 Å². The van der Waals surface area contributed by atoms with E-state index in [1.165, 1.54) is 11.2 Å². The van der Waals surface area contributed by atoms with Crippen molar-refractivity contribution < 1.29 is 32.6 Å². The zero-order valence-electron chi connectivity index (χ0n) is 13.4. The SMILES string of the molecule is Cc1oc(C(=O)NCC(C)(O)C(=O)O)cc1S(=O)(=O)N1CCCC1. The van der Waals surface area contributed by atoms with Crippen LogP contribution in [0.4, 0.5) is 0 Å². The number of furan rings is 1. The molecule has 0 spiro atoms. The molecule has 1 unspecified atom stereocenters. The molecule has 1 fully saturated rings. The molecule has 1 saturated heterocycles. The lowest BCUT2D eigenvalue weighted by Gasteiger charge is -2.17. The summed E-state index contributed by atoms with van der Waals surface area (Å²) in [5, 5.41) is 20.6. The largest absolute Gasteiger partial charge is 0.479 e. The fourth-order valence-electron chi connectivity index (χ4n) is 2.32. The van der Waals surface area contributed by atoms with E-state index in [9.17, 15) is 23.1 Å². The van der Waals surface area contributed by atoms with Crippen molar-refractivity contribution in [3.63, 3.8) is 0 Å². The van der Waals surface area contributed by atoms with Crippen LogP contribution in [0.15, 0.2) is 15.4 Å². The van der Waals surface area contributed by atoms with Crippen molar-refractivity contribution in [1.82, 2.24) is 9.62 Å². The molecule has 10 heteroatoms. The van der Waals surface area contributed by atoms with Crippen molar-refractivity contribution in [3.05, 3.63) is 17.6 Å². The number of rotatable bonds is 6. The molecule has 2 heterocycles. The third-order valence-electron chi connectivity index (χ3n) is 3.83. The van der Waals surface area contributed by atoms with E-state index in [4.69, 9.17) is 9.52 Å². The van der Waals surface area contributed by atoms with E-state index < -0.39 is 34.0 Å². The Morgan fingerprint density at radius 3 is 2.50 bits per heavy atom. The Morgan fingerprint density at radius 1 is 1.38 bits per heavy atom. The average Bonchev–Trinajstić information content (AvgIpc) is 3.14. The molecule has 0 saturated carbocycles. The number of nitrogens with zero attached hydrogens (tertiary/aromatic N) is 1. The van der Waals surface area contributed by atoms with Crippen LogP contribution in [-0.2, 0) is 14.8 Å². The van der Waals surface area contributed by atoms with E-state index in [-0.39, 0.29) is 16.4 Å². The van der Waals surface area contributed by atoms with E-state index >= 15 is 0 Å². The number of amides is 1. The summed E-state index contributed by atoms with van der Waals surface area (Å²) in [7, 11) is -3.72. The quantitative estimate of drug-likeness (QED) is 0.646. The van der Waals surface area contributed by atoms with Crippen molar-refractivity contribution in [3.8, 4) is 0 Å². The normalized spacial score (nSPS) is 18.3. The highest BCUT2D eigenvalue weighted by molar-refractivity contribution is 7.89. The molecule has 0 radical (unpaired) electrons. The predicted molar refractivity (Wildman–Crippen MR) is 82.0 cm³/mol. The average molecular weight is 360 g/mol. The summed E-state index contributed by atoms with van der Waals surface area (Å²) >= 11 is 0. The predicted octanol–water partition coefficient (Wildman–Crippen LogP) is -0.0621. The van der Waals surface area contributed by atoms with E-state index in [1.807, 2.05) is 0 Å². The second-order valence-electron chi connectivity index (χ2n) is 5.90. The van der Waals surface area contributed by atoms with E-state index in [0.29, 0.717) is 13.1 Å². The standard InChI is InChI=1S/C14H20N2O7S/c1-9-11(24(21,22)16-5-3-4-6-16)7-10(23-9)12(17)15-8-14(2,20)13(18)19/h7,20H,3-6,8H2,1-2H3,(H,15,17)(H,18,19). The van der Waals surface area contributed by atoms with Gasteiger partial charge in [-0.1, -0.05) is 0 Å². The second kappa shape index (κ2) is 6.54. The molecule has 0 aliphatic carbocycles. The maximum absolute atomic E-state index is 12.5. The first-order valence-electron chi connectivity index (χ1n) is 7.40. The summed E-state index contributed by atoms with van der Waals surface area (Å²) in [4.78, 5) is 22.7. The molecule has 0 bridgehead atoms. The molecule has 1 atom stereocenters. The summed E-state index contributed by atoms with van der Waals surface area (Å²) in [5.74, 6) is -2.47. The molecular formula is C14H20N2O7S. The van der Waals surface area contributed by atoms with Gasteiger partial charge in [-0.2, -0.15) is 4.31 Å². The van der Waals surface area contributed by atoms with Crippen molar-refractivity contribution in [2.45, 2.75) is 37.2 Å². The van der Waals surface area contributed by atoms with Crippen LogP contribution in [0.5, 0.6) is 0 Å². The first kappa shape index (κ1) is 18.4. The van der Waals surface area contributed by atoms with Crippen LogP contribution in [0.2, 0.25) is 0 Å². The Balaban J connectivity index is 2.16. The Morgan fingerprint density at radius 2 is 1.96 bits per heavy atom. The Hall–Kier alpha value is -1.91. The van der Waals surface area contributed by atoms with Crippen LogP contribution < -0.4 is 5.32 Å². The summed E-state index contributed by atoms with van der Waals surface area (Å²) in [6.07, 6.45) is 1.57. The lowest BCUT2D eigenvalue weighted by molar-refractivity contribution is -0.155. The number of carbonyl (C=O) groups is 2. The Bertz CT molecular complexity index is 745. The zero-order chi connectivity index (χ0) is 18.1. The number of carbonyl (C=O) groups excluding carboxylic acids is 1. The molecule has 3 N–H and O–H groups in total. The number of carboxylic acid groups (broad SMARTS) is 1. The minimum Gasteiger partial charge on any atom is -0.479 e. The number of aliphatic hydroxyl groups is 1. The number of aliphatic carboxylic acids is 1. The topological polar surface area (TPSA) is 137 Å². The van der Waals surface area contributed by atoms with Gasteiger partial charge < -0.3 is 19.9 Å². The summed E-state index contributed by atoms with van der Waals surface area (Å²) < 4.78 is 31.6. The molecule has 1 aromatic heterocycles. The molecule has 9 nitrogen and oxygen atoms in total. The molecule has 1 aromatic rings. The first-order chi connectivity index (χ1) is 11.1. The molecule has 1 aliphatic heterocycles. The highest BCUT2D eigenvalue weighted by Crippen LogP contribution is 2.26. The minimum atomic E-state index is -3.72. The van der Waals surface area contributed by atoms with Crippen molar-refractivity contribution in [2.24, 2.45) is 0 Å². The zero-order valence-corrected chi connectivity index (χ0v) is 14.2. The lowest BCUT2D eigenvalue weighted by atomic mass is 10.1. The van der Waals surface area contributed by atoms with Gasteiger partial charge in [0.05, 0.1) is 6.54 Å². The van der Waals surface area contributed by atoms with Gasteiger partial charge in [-0.25, -0.2) is 13.2 Å². The maximum atomic E-state index is 12.5. The molecule has 24 heavy (non-hydrogen) atoms. The van der Waals surface area contributed by atoms with Gasteiger partial charge in [0.15, 0.2) is 11.4 Å². The van der Waals surface area contributed by atoms with Gasteiger partial charge in [-0.05, 0) is 26.7 Å². The maximum Gasteiger partial charge on any atom is 0.337 e. The Kier molecular flexibility index (Phi) is 5.02. The van der Waals surface area contributed by atoms with Crippen LogP contribution >= 0.6 is 0 Å². The third kappa shape index (κ3) is 3.60. The number of nitrogens with one attached hydrogen (secondary N) is 1. The molecule has 0 aromatic carbocycles. The van der Waals surface area contributed by atoms with Crippen LogP contribution in [0.25, 0.3) is 0 Å². The Labute approximate surface area is 139 Å². The van der Waals surface area contributed by atoms with E-state index in [1.54, 1.807) is 0 Å². The molecule has 1 amide bonds. The minimum absolute atomic E-state index is 0.0806. The monoisotopic (exact) mass is 360 g/mol. The number of sulfonamides is 1. The summed E-state index contributed by atoms with van der Waals surface area (Å²) in [6.45, 7) is 2.78. The number of hydrogen-bond acceptors (Lipinski definition) is 6. The highest BCUT2D eigenvalue weighted by atomic mass is 32.2. The number of carboxylic acids is 1. The van der Waals surface area contributed by atoms with Crippen LogP contribution in [0.1, 0.15) is 36.1 Å². The number of hydrogen-bond donors (Lipinski definition) is 3. The second-order valence-corrected chi connectivity index (χ2v) is 7.81. The van der Waals surface area contributed by atoms with Crippen molar-refractivity contribution >= 4 is 21.9 Å². The van der Waals surface area contributed by atoms with Crippen molar-refractivity contribution in [2.75, 3.05) is 19.6 Å². The van der Waals surface area contributed by atoms with Gasteiger partial charge in [0.1, 0.15) is 10.7 Å². The van der Waals surface area contributed by atoms with Crippen LogP contribution in [-0.4, -0.2) is 60.0 Å². The highest BCUT2D eigenvalue weighted by Gasteiger charge is 2.33. The van der Waals surface area contributed by atoms with E-state index in [0.717, 1.165) is 25.8 Å². The smallest absolute Gasteiger partial charge is 0.337 e. The van der Waals surface area contributed by atoms with Gasteiger partial charge in [0.2, 0.25) is 10.0 Å². The number of aryl methyl sites for hydroxylation is 1. The lowest BCUT2D eigenvalue weighted by Crippen LogP contribution is -2.46. The molecular weight excluding hydrogens is 340 g/mol. The fourth-order valence-corrected chi connectivity index (χ4v) is 3.99. The summed E-state index contributed by atoms with van der Waals surface area (Å²) in [6, 6.07) is 1.12. The fraction of sp³-hybridized carbons (Fsp3) is 0.571. The molecule has 2 rings (SSSR count). The van der Waals surface area contributed by atoms with Gasteiger partial charge in [-0.3, -0.25) is 4.79 Å². The molecule has 1 aliphatic rings. The molecule has 134 valence electrons. The van der Waals surface area contributed by atoms with Gasteiger partial charge in [0, 0.05) is 19.2 Å². The third-order valence-corrected chi connectivity index (χ3v) is 5.84. The first-order valence-corrected chi connectivity index (χ1v) is 8.84. The van der Waals surface area contributed by atoms with Crippen LogP contribution in [0, 0.1) is 6.92 Å². The van der Waals surface area contributed by atoms with Crippen molar-refractivity contribution in [1.29, 1.82) is 0 Å². The van der Waals surface area contributed by atoms with Gasteiger partial charge >= 0.3 is 5.97 Å². The van der Waals surface area contributed by atoms with E-state index in [2.05, 4.69) is 5.32 Å².